The van der Waals surface area contributed by atoms with Crippen LogP contribution in [0.5, 0.6) is 5.75 Å². The molecule has 2 aliphatic rings. The lowest BCUT2D eigenvalue weighted by Gasteiger charge is -2.20. The van der Waals surface area contributed by atoms with Gasteiger partial charge in [0.25, 0.3) is 17.7 Å². The molecule has 21 heteroatoms. The van der Waals surface area contributed by atoms with Crippen LogP contribution in [-0.2, 0) is 46.2 Å². The number of hydrogen-bond donors (Lipinski definition) is 4. The first kappa shape index (κ1) is 47.1. The number of aryl methyl sites for hydroxylation is 4. The number of aliphatic imine (C=N–C) groups is 1. The third kappa shape index (κ3) is 10.1. The predicted octanol–water partition coefficient (Wildman–Crippen LogP) is 6.19. The highest BCUT2D eigenvalue weighted by Gasteiger charge is 2.34. The maximum atomic E-state index is 13.8. The second-order valence-electron chi connectivity index (χ2n) is 16.7. The van der Waals surface area contributed by atoms with Crippen LogP contribution in [-0.4, -0.2) is 108 Å². The molecule has 3 amide bonds. The molecular weight excluding hydrogens is 896 g/mol. The summed E-state index contributed by atoms with van der Waals surface area (Å²) in [5, 5.41) is 8.61. The standard InChI is InChI=1S/C47H51N10O10P/c1-28-17-32-23-48-36-22-41(29(2)18-34(36)46(61)57(32)24-28)66-14-8-11-43(59)50-42-27-55(5)44(51-42)40(58)20-30-19-38(53(3)25-30)45(60)49-31-21-39(54(4)26-31)47(62)56-13-12-33-35(9-7-10-37(33)56)52-68(63,64)67-16-15-65-6/h7,9-10,12-13,18-19,21-23,25-27,32H,1,8,11,14-17,20,24H2,2-6H3,(H,49,60)(H,50,59)(H2,52,63,64)/t32-/m0/s1. The van der Waals surface area contributed by atoms with Crippen molar-refractivity contribution in [2.75, 3.05) is 49.2 Å². The Labute approximate surface area is 390 Å². The van der Waals surface area contributed by atoms with Crippen LogP contribution in [0.25, 0.3) is 10.9 Å². The molecule has 4 aromatic heterocycles. The molecule has 0 radical (unpaired) electrons. The molecule has 2 aromatic carbocycles. The molecule has 6 heterocycles. The second-order valence-corrected chi connectivity index (χ2v) is 18.3. The van der Waals surface area contributed by atoms with E-state index in [0.717, 1.165) is 11.1 Å². The van der Waals surface area contributed by atoms with Crippen molar-refractivity contribution in [1.29, 1.82) is 0 Å². The highest BCUT2D eigenvalue weighted by Crippen LogP contribution is 2.44. The molecule has 1 fully saturated rings. The minimum absolute atomic E-state index is 0.0738. The normalized spacial score (nSPS) is 15.2. The summed E-state index contributed by atoms with van der Waals surface area (Å²) in [6.45, 7) is 6.68. The molecule has 2 atom stereocenters. The number of hydrogen-bond acceptors (Lipinski definition) is 11. The Morgan fingerprint density at radius 3 is 2.54 bits per heavy atom. The molecule has 8 rings (SSSR count). The van der Waals surface area contributed by atoms with Crippen LogP contribution >= 0.6 is 7.75 Å². The third-order valence-corrected chi connectivity index (χ3v) is 12.6. The van der Waals surface area contributed by atoms with Crippen LogP contribution in [0.3, 0.4) is 0 Å². The van der Waals surface area contributed by atoms with Crippen molar-refractivity contribution in [3.8, 4) is 5.75 Å². The summed E-state index contributed by atoms with van der Waals surface area (Å²) in [5.41, 5.74) is 5.03. The van der Waals surface area contributed by atoms with Crippen molar-refractivity contribution in [3.05, 3.63) is 119 Å². The summed E-state index contributed by atoms with van der Waals surface area (Å²) < 4.78 is 34.6. The Morgan fingerprint density at radius 1 is 0.956 bits per heavy atom. The summed E-state index contributed by atoms with van der Waals surface area (Å²) >= 11 is 0. The van der Waals surface area contributed by atoms with E-state index in [1.165, 1.54) is 22.3 Å². The van der Waals surface area contributed by atoms with Crippen molar-refractivity contribution in [1.82, 2.24) is 28.2 Å². The average Bonchev–Trinajstić information content (AvgIpc) is 4.12. The number of ketones is 1. The molecule has 0 aliphatic carbocycles. The lowest BCUT2D eigenvalue weighted by atomic mass is 10.1. The van der Waals surface area contributed by atoms with E-state index in [-0.39, 0.29) is 79.3 Å². The second kappa shape index (κ2) is 19.5. The number of anilines is 3. The number of carbonyl (C=O) groups excluding carboxylic acids is 5. The summed E-state index contributed by atoms with van der Waals surface area (Å²) in [4.78, 5) is 87.9. The lowest BCUT2D eigenvalue weighted by molar-refractivity contribution is -0.116. The quantitative estimate of drug-likeness (QED) is 0.0327. The Morgan fingerprint density at radius 2 is 1.75 bits per heavy atom. The fourth-order valence-corrected chi connectivity index (χ4v) is 9.16. The SMILES string of the molecule is C=C1C[C@H]2C=Nc3cc(OCCCC(=O)Nc4cn(C)c(C(=O)Cc5cc(C(=O)Nc6cc(C(=O)n7ccc8c(NP(=O)(O)OCCOC)cccc87)n(C)c6)n(C)c5)n4)c(C)cc3C(=O)N2C1. The zero-order valence-corrected chi connectivity index (χ0v) is 39.0. The fraction of sp³-hybridized carbons (Fsp3) is 0.298. The van der Waals surface area contributed by atoms with Crippen LogP contribution < -0.4 is 20.5 Å². The van der Waals surface area contributed by atoms with E-state index in [1.54, 1.807) is 109 Å². The highest BCUT2D eigenvalue weighted by atomic mass is 31.2. The van der Waals surface area contributed by atoms with Crippen LogP contribution in [0, 0.1) is 6.92 Å². The number of rotatable bonds is 18. The van der Waals surface area contributed by atoms with Gasteiger partial charge >= 0.3 is 7.75 Å². The minimum Gasteiger partial charge on any atom is -0.493 e. The number of fused-ring (bicyclic) bond motifs is 3. The first-order valence-electron chi connectivity index (χ1n) is 21.7. The van der Waals surface area contributed by atoms with Gasteiger partial charge in [-0.15, -0.1) is 0 Å². The molecule has 4 N–H and O–H groups in total. The first-order chi connectivity index (χ1) is 32.5. The largest absolute Gasteiger partial charge is 0.493 e. The number of nitrogens with one attached hydrogen (secondary N) is 3. The number of ether oxygens (including phenoxy) is 2. The van der Waals surface area contributed by atoms with Gasteiger partial charge in [0.2, 0.25) is 11.7 Å². The topological polar surface area (TPSA) is 235 Å². The maximum Gasteiger partial charge on any atom is 0.430 e. The van der Waals surface area contributed by atoms with E-state index in [1.807, 2.05) is 6.92 Å². The third-order valence-electron chi connectivity index (χ3n) is 11.6. The van der Waals surface area contributed by atoms with Crippen LogP contribution in [0.1, 0.15) is 72.3 Å². The number of Topliss-reactive ketones (excluding diaryl/α,β-unsaturated/α-hetero) is 1. The summed E-state index contributed by atoms with van der Waals surface area (Å²) in [6.07, 6.45) is 9.30. The van der Waals surface area contributed by atoms with Crippen LogP contribution in [0.2, 0.25) is 0 Å². The molecular formula is C47H51N10O10P. The van der Waals surface area contributed by atoms with Crippen molar-refractivity contribution in [3.63, 3.8) is 0 Å². The lowest BCUT2D eigenvalue weighted by Crippen LogP contribution is -2.35. The minimum atomic E-state index is -4.23. The van der Waals surface area contributed by atoms with Gasteiger partial charge in [-0.25, -0.2) is 9.55 Å². The molecule has 1 saturated heterocycles. The van der Waals surface area contributed by atoms with Crippen molar-refractivity contribution < 1.29 is 47.4 Å². The Bertz CT molecular complexity index is 3090. The average molecular weight is 947 g/mol. The van der Waals surface area contributed by atoms with E-state index in [9.17, 15) is 33.4 Å². The molecule has 1 unspecified atom stereocenters. The summed E-state index contributed by atoms with van der Waals surface area (Å²) in [5.74, 6) is -0.697. The summed E-state index contributed by atoms with van der Waals surface area (Å²) in [7, 11) is 2.21. The molecule has 354 valence electrons. The van der Waals surface area contributed by atoms with E-state index in [0.29, 0.717) is 64.2 Å². The molecule has 0 spiro atoms. The van der Waals surface area contributed by atoms with Gasteiger partial charge in [-0.2, -0.15) is 0 Å². The monoisotopic (exact) mass is 946 g/mol. The fourth-order valence-electron chi connectivity index (χ4n) is 8.28. The van der Waals surface area contributed by atoms with Crippen LogP contribution in [0.15, 0.2) is 90.5 Å². The highest BCUT2D eigenvalue weighted by molar-refractivity contribution is 7.54. The Kier molecular flexibility index (Phi) is 13.5. The van der Waals surface area contributed by atoms with Gasteiger partial charge in [-0.3, -0.25) is 43.1 Å². The zero-order chi connectivity index (χ0) is 48.4. The van der Waals surface area contributed by atoms with Gasteiger partial charge in [-0.05, 0) is 67.3 Å². The summed E-state index contributed by atoms with van der Waals surface area (Å²) in [6, 6.07) is 13.1. The Balaban J connectivity index is 0.832. The number of nitrogens with zero attached hydrogens (tertiary/aromatic N) is 7. The Hall–Kier alpha value is -7.38. The van der Waals surface area contributed by atoms with Crippen molar-refractivity contribution in [2.45, 2.75) is 38.6 Å². The molecule has 2 aliphatic heterocycles. The number of carbonyl (C=O) groups is 5. The van der Waals surface area contributed by atoms with Crippen molar-refractivity contribution in [2.24, 2.45) is 26.1 Å². The van der Waals surface area contributed by atoms with Gasteiger partial charge in [-0.1, -0.05) is 18.2 Å². The van der Waals surface area contributed by atoms with Gasteiger partial charge in [0.15, 0.2) is 11.6 Å². The molecule has 20 nitrogen and oxygen atoms in total. The van der Waals surface area contributed by atoms with Gasteiger partial charge in [0.1, 0.15) is 17.1 Å². The van der Waals surface area contributed by atoms with E-state index in [2.05, 4.69) is 32.3 Å². The number of benzene rings is 2. The molecule has 68 heavy (non-hydrogen) atoms. The van der Waals surface area contributed by atoms with E-state index >= 15 is 0 Å². The molecule has 0 saturated carbocycles. The van der Waals surface area contributed by atoms with Gasteiger partial charge in [0.05, 0.1) is 54.0 Å². The predicted molar refractivity (Wildman–Crippen MR) is 254 cm³/mol. The van der Waals surface area contributed by atoms with E-state index < -0.39 is 19.6 Å². The first-order valence-corrected chi connectivity index (χ1v) is 23.2. The van der Waals surface area contributed by atoms with Gasteiger partial charge < -0.3 is 43.6 Å². The molecule has 0 bridgehead atoms. The van der Waals surface area contributed by atoms with Crippen molar-refractivity contribution >= 4 is 77.2 Å². The molecule has 6 aromatic rings. The maximum absolute atomic E-state index is 13.8. The number of imidazole rings is 1. The zero-order valence-electron chi connectivity index (χ0n) is 38.1. The van der Waals surface area contributed by atoms with Crippen LogP contribution in [0.4, 0.5) is 22.9 Å². The van der Waals surface area contributed by atoms with E-state index in [4.69, 9.17) is 14.0 Å². The number of aromatic nitrogens is 5. The van der Waals surface area contributed by atoms with Gasteiger partial charge in [0, 0.05) is 90.1 Å². The number of methoxy groups -OCH3 is 1. The smallest absolute Gasteiger partial charge is 0.430 e. The number of amides is 3.